The standard InChI is InChI=1S/C14H21ClN2O4S/c1-5-9(2)16-14(18)10(3)17-22(19,20)11-6-7-13(21-4)12(15)8-11/h6-10,17H,5H2,1-4H3,(H,16,18)/t9-,10-/m0/s1. The van der Waals surface area contributed by atoms with Gasteiger partial charge in [-0.05, 0) is 38.5 Å². The third kappa shape index (κ3) is 4.86. The number of benzene rings is 1. The molecule has 0 aliphatic rings. The number of rotatable bonds is 7. The first-order chi connectivity index (χ1) is 10.2. The van der Waals surface area contributed by atoms with Crippen LogP contribution in [0.5, 0.6) is 5.75 Å². The number of methoxy groups -OCH3 is 1. The maximum Gasteiger partial charge on any atom is 0.241 e. The normalized spacial score (nSPS) is 14.2. The van der Waals surface area contributed by atoms with E-state index < -0.39 is 16.1 Å². The van der Waals surface area contributed by atoms with E-state index in [1.807, 2.05) is 13.8 Å². The highest BCUT2D eigenvalue weighted by atomic mass is 35.5. The van der Waals surface area contributed by atoms with Crippen LogP contribution < -0.4 is 14.8 Å². The molecule has 0 heterocycles. The number of ether oxygens (including phenoxy) is 1. The molecule has 1 aromatic carbocycles. The fraction of sp³-hybridized carbons (Fsp3) is 0.500. The number of carbonyl (C=O) groups is 1. The first-order valence-electron chi connectivity index (χ1n) is 6.87. The first kappa shape index (κ1) is 18.7. The summed E-state index contributed by atoms with van der Waals surface area (Å²) in [7, 11) is -2.41. The lowest BCUT2D eigenvalue weighted by atomic mass is 10.2. The summed E-state index contributed by atoms with van der Waals surface area (Å²) in [4.78, 5) is 11.9. The number of sulfonamides is 1. The fourth-order valence-electron chi connectivity index (χ4n) is 1.64. The predicted octanol–water partition coefficient (Wildman–Crippen LogP) is 1.93. The number of hydrogen-bond acceptors (Lipinski definition) is 4. The van der Waals surface area contributed by atoms with Crippen molar-refractivity contribution in [1.82, 2.24) is 10.0 Å². The highest BCUT2D eigenvalue weighted by Crippen LogP contribution is 2.26. The van der Waals surface area contributed by atoms with Crippen molar-refractivity contribution in [3.8, 4) is 5.75 Å². The highest BCUT2D eigenvalue weighted by Gasteiger charge is 2.23. The van der Waals surface area contributed by atoms with Gasteiger partial charge in [-0.2, -0.15) is 4.72 Å². The quantitative estimate of drug-likeness (QED) is 0.788. The third-order valence-corrected chi connectivity index (χ3v) is 4.99. The molecule has 1 aromatic rings. The van der Waals surface area contributed by atoms with Crippen molar-refractivity contribution < 1.29 is 17.9 Å². The Balaban J connectivity index is 2.87. The molecule has 124 valence electrons. The van der Waals surface area contributed by atoms with Crippen molar-refractivity contribution in [3.63, 3.8) is 0 Å². The minimum Gasteiger partial charge on any atom is -0.495 e. The molecule has 2 N–H and O–H groups in total. The van der Waals surface area contributed by atoms with Crippen LogP contribution in [0.3, 0.4) is 0 Å². The van der Waals surface area contributed by atoms with Crippen LogP contribution in [0.15, 0.2) is 23.1 Å². The van der Waals surface area contributed by atoms with E-state index >= 15 is 0 Å². The van der Waals surface area contributed by atoms with Crippen molar-refractivity contribution in [2.24, 2.45) is 0 Å². The lowest BCUT2D eigenvalue weighted by Crippen LogP contribution is -2.47. The van der Waals surface area contributed by atoms with Gasteiger partial charge in [0.25, 0.3) is 0 Å². The number of amides is 1. The highest BCUT2D eigenvalue weighted by molar-refractivity contribution is 7.89. The van der Waals surface area contributed by atoms with Gasteiger partial charge in [0.2, 0.25) is 15.9 Å². The number of nitrogens with one attached hydrogen (secondary N) is 2. The van der Waals surface area contributed by atoms with Gasteiger partial charge in [0.15, 0.2) is 0 Å². The monoisotopic (exact) mass is 348 g/mol. The number of hydrogen-bond donors (Lipinski definition) is 2. The van der Waals surface area contributed by atoms with Crippen LogP contribution in [0.1, 0.15) is 27.2 Å². The van der Waals surface area contributed by atoms with E-state index in [0.717, 1.165) is 6.42 Å². The summed E-state index contributed by atoms with van der Waals surface area (Å²) in [6.07, 6.45) is 0.763. The average Bonchev–Trinajstić information content (AvgIpc) is 2.46. The Morgan fingerprint density at radius 2 is 2.00 bits per heavy atom. The zero-order chi connectivity index (χ0) is 16.9. The second-order valence-electron chi connectivity index (χ2n) is 4.96. The molecule has 0 aliphatic heterocycles. The maximum atomic E-state index is 12.3. The van der Waals surface area contributed by atoms with E-state index in [0.29, 0.717) is 5.75 Å². The van der Waals surface area contributed by atoms with Gasteiger partial charge in [-0.25, -0.2) is 8.42 Å². The summed E-state index contributed by atoms with van der Waals surface area (Å²) in [5.74, 6) is 0.000660. The lowest BCUT2D eigenvalue weighted by molar-refractivity contribution is -0.122. The van der Waals surface area contributed by atoms with Gasteiger partial charge < -0.3 is 10.1 Å². The van der Waals surface area contributed by atoms with Crippen molar-refractivity contribution in [1.29, 1.82) is 0 Å². The van der Waals surface area contributed by atoms with Gasteiger partial charge in [0.1, 0.15) is 5.75 Å². The molecule has 0 radical (unpaired) electrons. The Kier molecular flexibility index (Phi) is 6.65. The summed E-state index contributed by atoms with van der Waals surface area (Å²) in [6.45, 7) is 5.27. The van der Waals surface area contributed by atoms with E-state index in [4.69, 9.17) is 16.3 Å². The van der Waals surface area contributed by atoms with Gasteiger partial charge in [-0.3, -0.25) is 4.79 Å². The van der Waals surface area contributed by atoms with E-state index in [1.165, 1.54) is 32.2 Å². The minimum atomic E-state index is -3.85. The summed E-state index contributed by atoms with van der Waals surface area (Å²) in [6, 6.07) is 3.20. The van der Waals surface area contributed by atoms with Crippen molar-refractivity contribution in [3.05, 3.63) is 23.2 Å². The summed E-state index contributed by atoms with van der Waals surface area (Å²) < 4.78 is 31.8. The third-order valence-electron chi connectivity index (χ3n) is 3.16. The maximum absolute atomic E-state index is 12.3. The van der Waals surface area contributed by atoms with E-state index in [-0.39, 0.29) is 21.9 Å². The van der Waals surface area contributed by atoms with Crippen molar-refractivity contribution >= 4 is 27.5 Å². The zero-order valence-corrected chi connectivity index (χ0v) is 14.6. The first-order valence-corrected chi connectivity index (χ1v) is 8.73. The molecule has 0 saturated heterocycles. The lowest BCUT2D eigenvalue weighted by Gasteiger charge is -2.17. The Morgan fingerprint density at radius 3 is 2.50 bits per heavy atom. The smallest absolute Gasteiger partial charge is 0.241 e. The molecule has 0 aliphatic carbocycles. The molecule has 0 aromatic heterocycles. The Labute approximate surface area is 136 Å². The van der Waals surface area contributed by atoms with Crippen LogP contribution in [-0.4, -0.2) is 33.5 Å². The summed E-state index contributed by atoms with van der Waals surface area (Å²) in [5.41, 5.74) is 0. The van der Waals surface area contributed by atoms with Gasteiger partial charge in [0.05, 0.1) is 23.1 Å². The molecule has 1 amide bonds. The van der Waals surface area contributed by atoms with Gasteiger partial charge in [0, 0.05) is 6.04 Å². The SMILES string of the molecule is CC[C@H](C)NC(=O)[C@H](C)NS(=O)(=O)c1ccc(OC)c(Cl)c1. The molecule has 22 heavy (non-hydrogen) atoms. The van der Waals surface area contributed by atoms with Gasteiger partial charge in [-0.1, -0.05) is 18.5 Å². The van der Waals surface area contributed by atoms with Crippen LogP contribution in [0.4, 0.5) is 0 Å². The molecule has 0 fully saturated rings. The predicted molar refractivity (Wildman–Crippen MR) is 85.7 cm³/mol. The topological polar surface area (TPSA) is 84.5 Å². The van der Waals surface area contributed by atoms with Gasteiger partial charge >= 0.3 is 0 Å². The molecular formula is C14H21ClN2O4S. The Morgan fingerprint density at radius 1 is 1.36 bits per heavy atom. The van der Waals surface area contributed by atoms with E-state index in [1.54, 1.807) is 0 Å². The Bertz CT molecular complexity index is 634. The molecule has 2 atom stereocenters. The Hall–Kier alpha value is -1.31. The second-order valence-corrected chi connectivity index (χ2v) is 7.08. The molecule has 0 bridgehead atoms. The van der Waals surface area contributed by atoms with Crippen LogP contribution in [0.25, 0.3) is 0 Å². The van der Waals surface area contributed by atoms with E-state index in [2.05, 4.69) is 10.0 Å². The number of halogens is 1. The molecular weight excluding hydrogens is 328 g/mol. The van der Waals surface area contributed by atoms with Crippen LogP contribution in [-0.2, 0) is 14.8 Å². The molecule has 1 rings (SSSR count). The molecule has 6 nitrogen and oxygen atoms in total. The fourth-order valence-corrected chi connectivity index (χ4v) is 3.19. The molecule has 0 unspecified atom stereocenters. The van der Waals surface area contributed by atoms with Crippen LogP contribution in [0.2, 0.25) is 5.02 Å². The molecule has 8 heteroatoms. The largest absolute Gasteiger partial charge is 0.495 e. The number of carbonyl (C=O) groups excluding carboxylic acids is 1. The van der Waals surface area contributed by atoms with Crippen molar-refractivity contribution in [2.75, 3.05) is 7.11 Å². The zero-order valence-electron chi connectivity index (χ0n) is 13.0. The summed E-state index contributed by atoms with van der Waals surface area (Å²) in [5, 5.41) is 2.90. The average molecular weight is 349 g/mol. The minimum absolute atomic E-state index is 0.0186. The van der Waals surface area contributed by atoms with Gasteiger partial charge in [-0.15, -0.1) is 0 Å². The van der Waals surface area contributed by atoms with Crippen molar-refractivity contribution in [2.45, 2.75) is 44.2 Å². The van der Waals surface area contributed by atoms with Crippen LogP contribution >= 0.6 is 11.6 Å². The summed E-state index contributed by atoms with van der Waals surface area (Å²) >= 11 is 5.93. The molecule has 0 saturated carbocycles. The van der Waals surface area contributed by atoms with Crippen LogP contribution in [0, 0.1) is 0 Å². The molecule has 0 spiro atoms. The van der Waals surface area contributed by atoms with E-state index in [9.17, 15) is 13.2 Å². The second kappa shape index (κ2) is 7.80.